The van der Waals surface area contributed by atoms with Gasteiger partial charge >= 0.3 is 0 Å². The molecular weight excluding hydrogens is 285 g/mol. The standard InChI is InChI=1S/C12H14FN3O3S/c1-8-6-15-12(19-8)7-16-20(17,18)11-4-10(13)3-2-9(11)5-14/h2-4,6,16H,5,7,14H2,1H3. The van der Waals surface area contributed by atoms with E-state index >= 15 is 0 Å². The highest BCUT2D eigenvalue weighted by molar-refractivity contribution is 7.89. The first-order valence-corrected chi connectivity index (χ1v) is 7.30. The van der Waals surface area contributed by atoms with Gasteiger partial charge in [0, 0.05) is 6.54 Å². The second-order valence-electron chi connectivity index (χ2n) is 4.15. The monoisotopic (exact) mass is 299 g/mol. The van der Waals surface area contributed by atoms with Crippen LogP contribution in [0.1, 0.15) is 17.2 Å². The van der Waals surface area contributed by atoms with E-state index in [9.17, 15) is 12.8 Å². The third kappa shape index (κ3) is 3.21. The average molecular weight is 299 g/mol. The number of sulfonamides is 1. The van der Waals surface area contributed by atoms with E-state index in [1.165, 1.54) is 18.3 Å². The number of halogens is 1. The summed E-state index contributed by atoms with van der Waals surface area (Å²) < 4.78 is 45.0. The lowest BCUT2D eigenvalue weighted by Gasteiger charge is -2.09. The van der Waals surface area contributed by atoms with Crippen LogP contribution < -0.4 is 10.5 Å². The van der Waals surface area contributed by atoms with Gasteiger partial charge in [0.1, 0.15) is 11.6 Å². The van der Waals surface area contributed by atoms with Gasteiger partial charge in [-0.2, -0.15) is 0 Å². The fourth-order valence-electron chi connectivity index (χ4n) is 1.66. The Balaban J connectivity index is 2.24. The second kappa shape index (κ2) is 5.70. The van der Waals surface area contributed by atoms with E-state index in [1.54, 1.807) is 6.92 Å². The minimum Gasteiger partial charge on any atom is -0.445 e. The summed E-state index contributed by atoms with van der Waals surface area (Å²) in [4.78, 5) is 3.70. The highest BCUT2D eigenvalue weighted by Gasteiger charge is 2.19. The summed E-state index contributed by atoms with van der Waals surface area (Å²) in [6.07, 6.45) is 1.48. The number of hydrogen-bond acceptors (Lipinski definition) is 5. The summed E-state index contributed by atoms with van der Waals surface area (Å²) in [5.74, 6) is 0.166. The zero-order valence-corrected chi connectivity index (χ0v) is 11.6. The molecule has 1 aromatic carbocycles. The zero-order chi connectivity index (χ0) is 14.8. The smallest absolute Gasteiger partial charge is 0.241 e. The summed E-state index contributed by atoms with van der Waals surface area (Å²) in [5, 5.41) is 0. The van der Waals surface area contributed by atoms with Crippen LogP contribution in [0, 0.1) is 12.7 Å². The Morgan fingerprint density at radius 3 is 2.80 bits per heavy atom. The molecule has 108 valence electrons. The van der Waals surface area contributed by atoms with E-state index in [0.717, 1.165) is 6.07 Å². The largest absolute Gasteiger partial charge is 0.445 e. The van der Waals surface area contributed by atoms with Crippen molar-refractivity contribution < 1.29 is 17.2 Å². The van der Waals surface area contributed by atoms with Crippen LogP contribution in [-0.2, 0) is 23.1 Å². The topological polar surface area (TPSA) is 98.2 Å². The molecule has 0 saturated heterocycles. The molecule has 0 aliphatic carbocycles. The molecule has 0 atom stereocenters. The summed E-state index contributed by atoms with van der Waals surface area (Å²) >= 11 is 0. The SMILES string of the molecule is Cc1cnc(CNS(=O)(=O)c2cc(F)ccc2CN)o1. The van der Waals surface area contributed by atoms with Crippen LogP contribution in [0.4, 0.5) is 4.39 Å². The van der Waals surface area contributed by atoms with Gasteiger partial charge in [0.15, 0.2) is 0 Å². The molecular formula is C12H14FN3O3S. The molecule has 20 heavy (non-hydrogen) atoms. The number of oxazole rings is 1. The van der Waals surface area contributed by atoms with E-state index in [1.807, 2.05) is 0 Å². The van der Waals surface area contributed by atoms with Crippen molar-refractivity contribution in [2.24, 2.45) is 5.73 Å². The van der Waals surface area contributed by atoms with Crippen LogP contribution >= 0.6 is 0 Å². The molecule has 2 rings (SSSR count). The Morgan fingerprint density at radius 2 is 2.20 bits per heavy atom. The van der Waals surface area contributed by atoms with Gasteiger partial charge in [-0.25, -0.2) is 22.5 Å². The van der Waals surface area contributed by atoms with Crippen LogP contribution in [0.25, 0.3) is 0 Å². The first-order chi connectivity index (χ1) is 9.42. The van der Waals surface area contributed by atoms with Crippen molar-refractivity contribution in [1.82, 2.24) is 9.71 Å². The molecule has 6 nitrogen and oxygen atoms in total. The van der Waals surface area contributed by atoms with Gasteiger partial charge in [-0.05, 0) is 24.6 Å². The van der Waals surface area contributed by atoms with Crippen molar-refractivity contribution in [2.45, 2.75) is 24.9 Å². The van der Waals surface area contributed by atoms with Crippen LogP contribution in [-0.4, -0.2) is 13.4 Å². The Bertz CT molecular complexity index is 712. The van der Waals surface area contributed by atoms with Gasteiger partial charge in [-0.15, -0.1) is 0 Å². The maximum Gasteiger partial charge on any atom is 0.241 e. The minimum atomic E-state index is -3.88. The number of nitrogens with two attached hydrogens (primary N) is 1. The first-order valence-electron chi connectivity index (χ1n) is 5.82. The number of benzene rings is 1. The summed E-state index contributed by atoms with van der Waals surface area (Å²) in [5.41, 5.74) is 5.80. The lowest BCUT2D eigenvalue weighted by Crippen LogP contribution is -2.25. The Hall–Kier alpha value is -1.77. The lowest BCUT2D eigenvalue weighted by atomic mass is 10.2. The fraction of sp³-hybridized carbons (Fsp3) is 0.250. The van der Waals surface area contributed by atoms with Crippen LogP contribution in [0.15, 0.2) is 33.7 Å². The maximum absolute atomic E-state index is 13.2. The number of nitrogens with one attached hydrogen (secondary N) is 1. The van der Waals surface area contributed by atoms with Gasteiger partial charge in [0.2, 0.25) is 15.9 Å². The molecule has 1 heterocycles. The lowest BCUT2D eigenvalue weighted by molar-refractivity contribution is 0.463. The van der Waals surface area contributed by atoms with Crippen molar-refractivity contribution in [1.29, 1.82) is 0 Å². The van der Waals surface area contributed by atoms with Gasteiger partial charge in [-0.3, -0.25) is 0 Å². The zero-order valence-electron chi connectivity index (χ0n) is 10.8. The molecule has 0 bridgehead atoms. The van der Waals surface area contributed by atoms with Crippen molar-refractivity contribution in [2.75, 3.05) is 0 Å². The molecule has 0 spiro atoms. The first kappa shape index (κ1) is 14.6. The molecule has 2 aromatic rings. The molecule has 3 N–H and O–H groups in total. The molecule has 0 fully saturated rings. The highest BCUT2D eigenvalue weighted by atomic mass is 32.2. The van der Waals surface area contributed by atoms with Crippen molar-refractivity contribution in [3.8, 4) is 0 Å². The number of rotatable bonds is 5. The maximum atomic E-state index is 13.2. The molecule has 0 aliphatic heterocycles. The van der Waals surface area contributed by atoms with Gasteiger partial charge in [-0.1, -0.05) is 6.07 Å². The predicted octanol–water partition coefficient (Wildman–Crippen LogP) is 1.06. The van der Waals surface area contributed by atoms with Crippen LogP contribution in [0.3, 0.4) is 0 Å². The predicted molar refractivity (Wildman–Crippen MR) is 69.6 cm³/mol. The number of nitrogens with zero attached hydrogens (tertiary/aromatic N) is 1. The second-order valence-corrected chi connectivity index (χ2v) is 5.88. The highest BCUT2D eigenvalue weighted by Crippen LogP contribution is 2.17. The van der Waals surface area contributed by atoms with Gasteiger partial charge < -0.3 is 10.2 Å². The van der Waals surface area contributed by atoms with Crippen molar-refractivity contribution >= 4 is 10.0 Å². The van der Waals surface area contributed by atoms with Crippen LogP contribution in [0.5, 0.6) is 0 Å². The number of aromatic nitrogens is 1. The molecule has 8 heteroatoms. The minimum absolute atomic E-state index is 0.00532. The molecule has 0 unspecified atom stereocenters. The Kier molecular flexibility index (Phi) is 4.17. The normalized spacial score (nSPS) is 11.8. The molecule has 0 aliphatic rings. The van der Waals surface area contributed by atoms with Gasteiger partial charge in [0.25, 0.3) is 0 Å². The Labute approximate surface area is 115 Å². The molecule has 0 radical (unpaired) electrons. The Morgan fingerprint density at radius 1 is 1.45 bits per heavy atom. The third-order valence-electron chi connectivity index (χ3n) is 2.62. The average Bonchev–Trinajstić information content (AvgIpc) is 2.82. The molecule has 0 amide bonds. The molecule has 1 aromatic heterocycles. The van der Waals surface area contributed by atoms with Crippen molar-refractivity contribution in [3.63, 3.8) is 0 Å². The van der Waals surface area contributed by atoms with Gasteiger partial charge in [0.05, 0.1) is 17.6 Å². The van der Waals surface area contributed by atoms with E-state index in [0.29, 0.717) is 11.3 Å². The molecule has 0 saturated carbocycles. The van der Waals surface area contributed by atoms with E-state index in [-0.39, 0.29) is 23.9 Å². The number of hydrogen-bond donors (Lipinski definition) is 2. The van der Waals surface area contributed by atoms with E-state index < -0.39 is 15.8 Å². The fourth-order valence-corrected chi connectivity index (χ4v) is 2.90. The van der Waals surface area contributed by atoms with E-state index in [4.69, 9.17) is 10.2 Å². The summed E-state index contributed by atoms with van der Waals surface area (Å²) in [7, 11) is -3.88. The number of aryl methyl sites for hydroxylation is 1. The third-order valence-corrected chi connectivity index (χ3v) is 4.10. The van der Waals surface area contributed by atoms with Crippen LogP contribution in [0.2, 0.25) is 0 Å². The van der Waals surface area contributed by atoms with Crippen molar-refractivity contribution in [3.05, 3.63) is 47.4 Å². The summed E-state index contributed by atoms with van der Waals surface area (Å²) in [6.45, 7) is 1.58. The summed E-state index contributed by atoms with van der Waals surface area (Å²) in [6, 6.07) is 3.45. The van der Waals surface area contributed by atoms with E-state index in [2.05, 4.69) is 9.71 Å². The quantitative estimate of drug-likeness (QED) is 0.860.